The molecule has 5 rings (SSSR count). The summed E-state index contributed by atoms with van der Waals surface area (Å²) in [6.45, 7) is 1.13. The average Bonchev–Trinajstić information content (AvgIpc) is 3.07. The molecular formula is C25H23NO4. The summed E-state index contributed by atoms with van der Waals surface area (Å²) >= 11 is 0. The Morgan fingerprint density at radius 3 is 2.40 bits per heavy atom. The molecule has 2 aliphatic rings. The molecule has 2 N–H and O–H groups in total. The zero-order chi connectivity index (χ0) is 20.7. The molecular weight excluding hydrogens is 378 g/mol. The third-order valence-corrected chi connectivity index (χ3v) is 6.01. The summed E-state index contributed by atoms with van der Waals surface area (Å²) in [4.78, 5) is 13.0. The molecule has 0 radical (unpaired) electrons. The van der Waals surface area contributed by atoms with Crippen LogP contribution in [0.25, 0.3) is 0 Å². The second kappa shape index (κ2) is 7.18. The van der Waals surface area contributed by atoms with E-state index in [1.54, 1.807) is 7.11 Å². The number of ketones is 1. The Balaban J connectivity index is 1.71. The van der Waals surface area contributed by atoms with Gasteiger partial charge in [0.1, 0.15) is 23.0 Å². The van der Waals surface area contributed by atoms with Crippen molar-refractivity contribution >= 4 is 5.78 Å². The standard InChI is InChI=1S/C25H23NO4/c1-28-16-7-9-20-23(13-16)30-24-14-17(29-12-4-11-26)8-10-21(24)25(20)15-22(27)18-5-2-3-6-19(18)25/h2-3,5-10,13-14H,4,11-12,15,26H2,1H3. The number of benzene rings is 3. The summed E-state index contributed by atoms with van der Waals surface area (Å²) in [5.41, 5.74) is 8.73. The largest absolute Gasteiger partial charge is 0.497 e. The number of nitrogens with two attached hydrogens (primary N) is 1. The van der Waals surface area contributed by atoms with Gasteiger partial charge in [-0.25, -0.2) is 0 Å². The maximum Gasteiger partial charge on any atom is 0.164 e. The number of carbonyl (C=O) groups is 1. The monoisotopic (exact) mass is 401 g/mol. The zero-order valence-electron chi connectivity index (χ0n) is 16.8. The van der Waals surface area contributed by atoms with Gasteiger partial charge in [0.2, 0.25) is 0 Å². The van der Waals surface area contributed by atoms with E-state index in [1.807, 2.05) is 54.6 Å². The van der Waals surface area contributed by atoms with Crippen LogP contribution in [0.4, 0.5) is 0 Å². The number of carbonyl (C=O) groups excluding carboxylic acids is 1. The Morgan fingerprint density at radius 2 is 1.67 bits per heavy atom. The summed E-state index contributed by atoms with van der Waals surface area (Å²) in [5, 5.41) is 0. The molecule has 3 aromatic rings. The van der Waals surface area contributed by atoms with Crippen LogP contribution in [0.1, 0.15) is 39.9 Å². The number of methoxy groups -OCH3 is 1. The van der Waals surface area contributed by atoms with Crippen LogP contribution in [0.15, 0.2) is 60.7 Å². The molecule has 0 saturated heterocycles. The Labute approximate surface area is 175 Å². The number of rotatable bonds is 5. The fourth-order valence-electron chi connectivity index (χ4n) is 4.64. The molecule has 1 atom stereocenters. The van der Waals surface area contributed by atoms with Crippen molar-refractivity contribution in [3.63, 3.8) is 0 Å². The molecule has 3 aromatic carbocycles. The molecule has 1 heterocycles. The van der Waals surface area contributed by atoms with E-state index in [0.29, 0.717) is 36.8 Å². The summed E-state index contributed by atoms with van der Waals surface area (Å²) in [6.07, 6.45) is 1.15. The van der Waals surface area contributed by atoms with Gasteiger partial charge in [-0.3, -0.25) is 4.79 Å². The maximum atomic E-state index is 13.0. The van der Waals surface area contributed by atoms with E-state index in [4.69, 9.17) is 19.9 Å². The van der Waals surface area contributed by atoms with Crippen molar-refractivity contribution in [2.45, 2.75) is 18.3 Å². The number of Topliss-reactive ketones (excluding diaryl/α,β-unsaturated/α-hetero) is 1. The number of hydrogen-bond acceptors (Lipinski definition) is 5. The molecule has 1 aliphatic carbocycles. The molecule has 0 fully saturated rings. The van der Waals surface area contributed by atoms with Gasteiger partial charge in [-0.15, -0.1) is 0 Å². The van der Waals surface area contributed by atoms with Crippen LogP contribution >= 0.6 is 0 Å². The Kier molecular flexibility index (Phi) is 4.48. The maximum absolute atomic E-state index is 13.0. The fraction of sp³-hybridized carbons (Fsp3) is 0.240. The van der Waals surface area contributed by atoms with Gasteiger partial charge in [-0.2, -0.15) is 0 Å². The van der Waals surface area contributed by atoms with Crippen molar-refractivity contribution in [1.29, 1.82) is 0 Å². The first-order valence-electron chi connectivity index (χ1n) is 10.1. The molecule has 0 amide bonds. The topological polar surface area (TPSA) is 70.8 Å². The first kappa shape index (κ1) is 18.7. The van der Waals surface area contributed by atoms with E-state index in [1.165, 1.54) is 0 Å². The van der Waals surface area contributed by atoms with E-state index < -0.39 is 5.41 Å². The summed E-state index contributed by atoms with van der Waals surface area (Å²) in [5.74, 6) is 2.97. The smallest absolute Gasteiger partial charge is 0.164 e. The highest BCUT2D eigenvalue weighted by atomic mass is 16.5. The lowest BCUT2D eigenvalue weighted by Gasteiger charge is -2.38. The lowest BCUT2D eigenvalue weighted by Crippen LogP contribution is -2.30. The van der Waals surface area contributed by atoms with E-state index in [9.17, 15) is 4.79 Å². The lowest BCUT2D eigenvalue weighted by molar-refractivity contribution is 0.0983. The van der Waals surface area contributed by atoms with Crippen molar-refractivity contribution in [2.24, 2.45) is 5.73 Å². The predicted molar refractivity (Wildman–Crippen MR) is 114 cm³/mol. The molecule has 0 aromatic heterocycles. The van der Waals surface area contributed by atoms with Gasteiger partial charge in [-0.05, 0) is 30.7 Å². The van der Waals surface area contributed by atoms with Crippen molar-refractivity contribution in [1.82, 2.24) is 0 Å². The van der Waals surface area contributed by atoms with Gasteiger partial charge in [0.05, 0.1) is 19.1 Å². The van der Waals surface area contributed by atoms with Crippen LogP contribution < -0.4 is 19.9 Å². The number of fused-ring (bicyclic) bond motifs is 6. The number of hydrogen-bond donors (Lipinski definition) is 1. The van der Waals surface area contributed by atoms with Crippen LogP contribution in [0.5, 0.6) is 23.0 Å². The number of ether oxygens (including phenoxy) is 3. The Morgan fingerprint density at radius 1 is 0.967 bits per heavy atom. The summed E-state index contributed by atoms with van der Waals surface area (Å²) in [6, 6.07) is 19.6. The molecule has 1 unspecified atom stereocenters. The Hall–Kier alpha value is -3.31. The summed E-state index contributed by atoms with van der Waals surface area (Å²) in [7, 11) is 1.63. The van der Waals surface area contributed by atoms with Gasteiger partial charge >= 0.3 is 0 Å². The highest BCUT2D eigenvalue weighted by Crippen LogP contribution is 2.58. The second-order valence-corrected chi connectivity index (χ2v) is 7.66. The molecule has 5 heteroatoms. The van der Waals surface area contributed by atoms with Crippen molar-refractivity contribution in [2.75, 3.05) is 20.3 Å². The van der Waals surface area contributed by atoms with Gasteiger partial charge in [-0.1, -0.05) is 36.4 Å². The molecule has 1 aliphatic heterocycles. The fourth-order valence-corrected chi connectivity index (χ4v) is 4.64. The quantitative estimate of drug-likeness (QED) is 0.640. The SMILES string of the molecule is COc1ccc2c(c1)Oc1cc(OCCCN)ccc1C21CC(=O)c2ccccc21. The molecule has 152 valence electrons. The van der Waals surface area contributed by atoms with E-state index >= 15 is 0 Å². The van der Waals surface area contributed by atoms with Crippen molar-refractivity contribution in [3.8, 4) is 23.0 Å². The first-order chi connectivity index (χ1) is 14.7. The van der Waals surface area contributed by atoms with Gasteiger partial charge in [0, 0.05) is 35.2 Å². The van der Waals surface area contributed by atoms with E-state index in [0.717, 1.165) is 34.4 Å². The normalized spacial score (nSPS) is 18.4. The molecule has 1 spiro atoms. The highest BCUT2D eigenvalue weighted by Gasteiger charge is 2.51. The predicted octanol–water partition coefficient (Wildman–Crippen LogP) is 4.45. The molecule has 5 nitrogen and oxygen atoms in total. The van der Waals surface area contributed by atoms with Gasteiger partial charge in [0.25, 0.3) is 0 Å². The third kappa shape index (κ3) is 2.70. The lowest BCUT2D eigenvalue weighted by atomic mass is 9.68. The van der Waals surface area contributed by atoms with Crippen LogP contribution in [-0.2, 0) is 5.41 Å². The van der Waals surface area contributed by atoms with Crippen LogP contribution in [0.3, 0.4) is 0 Å². The molecule has 0 saturated carbocycles. The van der Waals surface area contributed by atoms with Crippen LogP contribution in [0, 0.1) is 0 Å². The highest BCUT2D eigenvalue weighted by molar-refractivity contribution is 6.04. The van der Waals surface area contributed by atoms with Crippen LogP contribution in [0.2, 0.25) is 0 Å². The minimum atomic E-state index is -0.585. The minimum absolute atomic E-state index is 0.142. The third-order valence-electron chi connectivity index (χ3n) is 6.01. The second-order valence-electron chi connectivity index (χ2n) is 7.66. The van der Waals surface area contributed by atoms with Gasteiger partial charge in [0.15, 0.2) is 5.78 Å². The average molecular weight is 401 g/mol. The van der Waals surface area contributed by atoms with Crippen LogP contribution in [-0.4, -0.2) is 26.0 Å². The first-order valence-corrected chi connectivity index (χ1v) is 10.1. The Bertz CT molecular complexity index is 1140. The molecule has 0 bridgehead atoms. The van der Waals surface area contributed by atoms with Gasteiger partial charge < -0.3 is 19.9 Å². The summed E-state index contributed by atoms with van der Waals surface area (Å²) < 4.78 is 17.6. The van der Waals surface area contributed by atoms with Crippen molar-refractivity contribution in [3.05, 3.63) is 82.9 Å². The van der Waals surface area contributed by atoms with E-state index in [-0.39, 0.29) is 5.78 Å². The zero-order valence-corrected chi connectivity index (χ0v) is 16.8. The van der Waals surface area contributed by atoms with Crippen molar-refractivity contribution < 1.29 is 19.0 Å². The molecule has 30 heavy (non-hydrogen) atoms. The minimum Gasteiger partial charge on any atom is -0.497 e. The van der Waals surface area contributed by atoms with E-state index in [2.05, 4.69) is 6.07 Å².